The van der Waals surface area contributed by atoms with Crippen LogP contribution in [0.15, 0.2) is 55.1 Å². The van der Waals surface area contributed by atoms with Crippen molar-refractivity contribution < 1.29 is 0 Å². The van der Waals surface area contributed by atoms with Crippen LogP contribution in [0.5, 0.6) is 0 Å². The van der Waals surface area contributed by atoms with Crippen LogP contribution in [-0.2, 0) is 13.1 Å². The molecule has 0 aliphatic rings. The van der Waals surface area contributed by atoms with E-state index in [0.29, 0.717) is 6.54 Å². The molecule has 0 spiro atoms. The Morgan fingerprint density at radius 2 is 1.84 bits per heavy atom. The lowest BCUT2D eigenvalue weighted by Gasteiger charge is -2.07. The zero-order valence-electron chi connectivity index (χ0n) is 10.5. The summed E-state index contributed by atoms with van der Waals surface area (Å²) in [7, 11) is 0. The second-order valence-electron chi connectivity index (χ2n) is 4.29. The third kappa shape index (κ3) is 2.74. The molecule has 2 heterocycles. The number of rotatable bonds is 4. The fraction of sp³-hybridized carbons (Fsp3) is 0.133. The minimum atomic E-state index is 0.705. The number of hydrogen-bond acceptors (Lipinski definition) is 4. The zero-order valence-corrected chi connectivity index (χ0v) is 10.5. The third-order valence-electron chi connectivity index (χ3n) is 2.95. The molecule has 0 saturated heterocycles. The first kappa shape index (κ1) is 11.7. The molecule has 0 radical (unpaired) electrons. The molecule has 19 heavy (non-hydrogen) atoms. The zero-order chi connectivity index (χ0) is 12.9. The highest BCUT2D eigenvalue weighted by atomic mass is 14.9. The van der Waals surface area contributed by atoms with Crippen molar-refractivity contribution in [1.29, 1.82) is 0 Å². The summed E-state index contributed by atoms with van der Waals surface area (Å²) in [4.78, 5) is 12.7. The molecule has 3 rings (SSSR count). The van der Waals surface area contributed by atoms with Crippen molar-refractivity contribution in [3.05, 3.63) is 66.4 Å². The van der Waals surface area contributed by atoms with Gasteiger partial charge >= 0.3 is 0 Å². The van der Waals surface area contributed by atoms with Crippen LogP contribution < -0.4 is 5.32 Å². The quantitative estimate of drug-likeness (QED) is 0.772. The molecular weight excluding hydrogens is 236 g/mol. The highest BCUT2D eigenvalue weighted by molar-refractivity contribution is 5.81. The molecule has 0 amide bonds. The number of hydrogen-bond donors (Lipinski definition) is 1. The summed E-state index contributed by atoms with van der Waals surface area (Å²) in [6.45, 7) is 1.47. The first-order valence-electron chi connectivity index (χ1n) is 6.22. The lowest BCUT2D eigenvalue weighted by molar-refractivity contribution is 0.679. The summed E-state index contributed by atoms with van der Waals surface area (Å²) in [6, 6.07) is 10.3. The maximum atomic E-state index is 4.44. The van der Waals surface area contributed by atoms with Gasteiger partial charge < -0.3 is 5.32 Å². The predicted octanol–water partition coefficient (Wildman–Crippen LogP) is 2.31. The van der Waals surface area contributed by atoms with Gasteiger partial charge in [-0.05, 0) is 11.6 Å². The van der Waals surface area contributed by atoms with Crippen LogP contribution in [0.2, 0.25) is 0 Å². The van der Waals surface area contributed by atoms with Crippen LogP contribution in [0.4, 0.5) is 0 Å². The molecule has 4 heteroatoms. The van der Waals surface area contributed by atoms with Gasteiger partial charge in [-0.25, -0.2) is 0 Å². The number of nitrogens with one attached hydrogen (secondary N) is 1. The molecule has 4 nitrogen and oxygen atoms in total. The van der Waals surface area contributed by atoms with Gasteiger partial charge in [0.25, 0.3) is 0 Å². The van der Waals surface area contributed by atoms with Crippen molar-refractivity contribution in [2.24, 2.45) is 0 Å². The molecule has 0 aliphatic carbocycles. The Labute approximate surface area is 111 Å². The minimum Gasteiger partial charge on any atom is -0.307 e. The molecule has 0 bridgehead atoms. The first-order chi connectivity index (χ1) is 9.43. The number of pyridine rings is 1. The Morgan fingerprint density at radius 3 is 2.74 bits per heavy atom. The van der Waals surface area contributed by atoms with E-state index >= 15 is 0 Å². The standard InChI is InChI=1S/C15H14N4/c1-3-12-5-2-6-19-15(12)13(4-1)9-17-11-14-10-16-7-8-18-14/h1-8,10,17H,9,11H2. The molecule has 1 aromatic carbocycles. The van der Waals surface area contributed by atoms with Crippen LogP contribution in [0, 0.1) is 0 Å². The van der Waals surface area contributed by atoms with Crippen molar-refractivity contribution in [3.63, 3.8) is 0 Å². The number of fused-ring (bicyclic) bond motifs is 1. The molecule has 0 unspecified atom stereocenters. The maximum Gasteiger partial charge on any atom is 0.0746 e. The molecule has 2 aromatic heterocycles. The largest absolute Gasteiger partial charge is 0.307 e. The van der Waals surface area contributed by atoms with Gasteiger partial charge in [0, 0.05) is 43.3 Å². The fourth-order valence-electron chi connectivity index (χ4n) is 2.06. The summed E-state index contributed by atoms with van der Waals surface area (Å²) < 4.78 is 0. The second kappa shape index (κ2) is 5.54. The van der Waals surface area contributed by atoms with E-state index in [9.17, 15) is 0 Å². The lowest BCUT2D eigenvalue weighted by atomic mass is 10.1. The van der Waals surface area contributed by atoms with Crippen molar-refractivity contribution >= 4 is 10.9 Å². The average molecular weight is 250 g/mol. The predicted molar refractivity (Wildman–Crippen MR) is 74.3 cm³/mol. The third-order valence-corrected chi connectivity index (χ3v) is 2.95. The normalized spacial score (nSPS) is 10.7. The van der Waals surface area contributed by atoms with Crippen molar-refractivity contribution in [1.82, 2.24) is 20.3 Å². The lowest BCUT2D eigenvalue weighted by Crippen LogP contribution is -2.14. The monoisotopic (exact) mass is 250 g/mol. The molecule has 0 saturated carbocycles. The van der Waals surface area contributed by atoms with Gasteiger partial charge in [-0.15, -0.1) is 0 Å². The number of aromatic nitrogens is 3. The molecule has 0 atom stereocenters. The Bertz CT molecular complexity index is 662. The Balaban J connectivity index is 1.72. The van der Waals surface area contributed by atoms with E-state index in [1.54, 1.807) is 18.6 Å². The van der Waals surface area contributed by atoms with Gasteiger partial charge in [-0.3, -0.25) is 15.0 Å². The molecular formula is C15H14N4. The number of nitrogens with zero attached hydrogens (tertiary/aromatic N) is 3. The van der Waals surface area contributed by atoms with E-state index in [1.807, 2.05) is 12.3 Å². The van der Waals surface area contributed by atoms with Gasteiger partial charge in [-0.2, -0.15) is 0 Å². The number of benzene rings is 1. The summed E-state index contributed by atoms with van der Waals surface area (Å²) in [5, 5.41) is 4.54. The van der Waals surface area contributed by atoms with Crippen molar-refractivity contribution in [3.8, 4) is 0 Å². The average Bonchev–Trinajstić information content (AvgIpc) is 2.49. The molecule has 94 valence electrons. The Kier molecular flexibility index (Phi) is 3.42. The Morgan fingerprint density at radius 1 is 0.895 bits per heavy atom. The molecule has 0 aliphatic heterocycles. The van der Waals surface area contributed by atoms with Gasteiger partial charge in [0.1, 0.15) is 0 Å². The van der Waals surface area contributed by atoms with Gasteiger partial charge in [0.2, 0.25) is 0 Å². The van der Waals surface area contributed by atoms with E-state index < -0.39 is 0 Å². The van der Waals surface area contributed by atoms with Gasteiger partial charge in [-0.1, -0.05) is 24.3 Å². The molecule has 0 fully saturated rings. The van der Waals surface area contributed by atoms with Crippen LogP contribution in [0.1, 0.15) is 11.3 Å². The first-order valence-corrected chi connectivity index (χ1v) is 6.22. The summed E-state index contributed by atoms with van der Waals surface area (Å²) in [5.74, 6) is 0. The van der Waals surface area contributed by atoms with Crippen molar-refractivity contribution in [2.45, 2.75) is 13.1 Å². The highest BCUT2D eigenvalue weighted by Crippen LogP contribution is 2.15. The van der Waals surface area contributed by atoms with Crippen LogP contribution in [0.3, 0.4) is 0 Å². The summed E-state index contributed by atoms with van der Waals surface area (Å²) >= 11 is 0. The van der Waals surface area contributed by atoms with E-state index in [4.69, 9.17) is 0 Å². The minimum absolute atomic E-state index is 0.705. The smallest absolute Gasteiger partial charge is 0.0746 e. The van der Waals surface area contributed by atoms with Gasteiger partial charge in [0.05, 0.1) is 11.2 Å². The van der Waals surface area contributed by atoms with E-state index in [2.05, 4.69) is 44.5 Å². The highest BCUT2D eigenvalue weighted by Gasteiger charge is 2.01. The van der Waals surface area contributed by atoms with Crippen molar-refractivity contribution in [2.75, 3.05) is 0 Å². The SMILES string of the molecule is c1cnc2c(CNCc3cnccn3)cccc2c1. The molecule has 3 aromatic rings. The van der Waals surface area contributed by atoms with E-state index in [0.717, 1.165) is 17.8 Å². The summed E-state index contributed by atoms with van der Waals surface area (Å²) in [5.41, 5.74) is 3.19. The fourth-order valence-corrected chi connectivity index (χ4v) is 2.06. The van der Waals surface area contributed by atoms with Crippen LogP contribution in [-0.4, -0.2) is 15.0 Å². The number of para-hydroxylation sites is 1. The van der Waals surface area contributed by atoms with E-state index in [-0.39, 0.29) is 0 Å². The topological polar surface area (TPSA) is 50.7 Å². The second-order valence-corrected chi connectivity index (χ2v) is 4.29. The summed E-state index contributed by atoms with van der Waals surface area (Å²) in [6.07, 6.45) is 6.98. The maximum absolute atomic E-state index is 4.44. The Hall–Kier alpha value is -2.33. The van der Waals surface area contributed by atoms with E-state index in [1.165, 1.54) is 10.9 Å². The molecule has 1 N–H and O–H groups in total. The van der Waals surface area contributed by atoms with Gasteiger partial charge in [0.15, 0.2) is 0 Å². The van der Waals surface area contributed by atoms with Crippen LogP contribution in [0.25, 0.3) is 10.9 Å². The van der Waals surface area contributed by atoms with Crippen LogP contribution >= 0.6 is 0 Å².